The van der Waals surface area contributed by atoms with Gasteiger partial charge in [0.25, 0.3) is 0 Å². The number of alkyl halides is 1. The summed E-state index contributed by atoms with van der Waals surface area (Å²) in [5.41, 5.74) is 0.603. The van der Waals surface area contributed by atoms with Gasteiger partial charge in [0, 0.05) is 22.8 Å². The van der Waals surface area contributed by atoms with Crippen LogP contribution >= 0.6 is 31.9 Å². The smallest absolute Gasteiger partial charge is 0.338 e. The van der Waals surface area contributed by atoms with Crippen LogP contribution in [-0.2, 0) is 4.79 Å². The van der Waals surface area contributed by atoms with Crippen LogP contribution in [0, 0.1) is 5.92 Å². The number of carbonyl (C=O) groups excluding carboxylic acids is 1. The third-order valence-electron chi connectivity index (χ3n) is 2.92. The molecular formula is C12H11Br2NO3. The van der Waals surface area contributed by atoms with Gasteiger partial charge >= 0.3 is 5.97 Å². The van der Waals surface area contributed by atoms with Crippen LogP contribution in [0.4, 0.5) is 5.69 Å². The maximum absolute atomic E-state index is 11.9. The molecule has 0 radical (unpaired) electrons. The lowest BCUT2D eigenvalue weighted by Gasteiger charge is -2.19. The van der Waals surface area contributed by atoms with Gasteiger partial charge in [-0.1, -0.05) is 22.0 Å². The van der Waals surface area contributed by atoms with Crippen molar-refractivity contribution in [3.8, 4) is 0 Å². The van der Waals surface area contributed by atoms with Crippen molar-refractivity contribution in [2.75, 3.05) is 16.8 Å². The lowest BCUT2D eigenvalue weighted by Crippen LogP contribution is -2.26. The molecule has 1 saturated heterocycles. The molecule has 1 N–H and O–H groups in total. The van der Waals surface area contributed by atoms with E-state index >= 15 is 0 Å². The highest BCUT2D eigenvalue weighted by Crippen LogP contribution is 2.32. The van der Waals surface area contributed by atoms with Crippen LogP contribution in [0.3, 0.4) is 0 Å². The highest BCUT2D eigenvalue weighted by atomic mass is 79.9. The highest BCUT2D eigenvalue weighted by molar-refractivity contribution is 9.10. The summed E-state index contributed by atoms with van der Waals surface area (Å²) in [6.45, 7) is 0.556. The average Bonchev–Trinajstić information content (AvgIpc) is 2.69. The SMILES string of the molecule is O=C(O)c1c(Br)cccc1N1CC(CBr)CC1=O. The van der Waals surface area contributed by atoms with E-state index in [-0.39, 0.29) is 17.4 Å². The minimum Gasteiger partial charge on any atom is -0.478 e. The van der Waals surface area contributed by atoms with Crippen molar-refractivity contribution in [2.24, 2.45) is 5.92 Å². The standard InChI is InChI=1S/C12H11Br2NO3/c13-5-7-4-10(16)15(6-7)9-3-1-2-8(14)11(9)12(17)18/h1-3,7H,4-6H2,(H,17,18). The Kier molecular flexibility index (Phi) is 4.07. The molecule has 0 aliphatic carbocycles. The van der Waals surface area contributed by atoms with Crippen molar-refractivity contribution in [3.05, 3.63) is 28.2 Å². The molecule has 1 aromatic carbocycles. The van der Waals surface area contributed by atoms with E-state index in [4.69, 9.17) is 0 Å². The summed E-state index contributed by atoms with van der Waals surface area (Å²) < 4.78 is 0.489. The number of amides is 1. The number of carboxylic acids is 1. The second kappa shape index (κ2) is 5.40. The Morgan fingerprint density at radius 1 is 1.50 bits per heavy atom. The van der Waals surface area contributed by atoms with Crippen LogP contribution in [0.2, 0.25) is 0 Å². The minimum absolute atomic E-state index is 0.0277. The third kappa shape index (κ3) is 2.44. The molecule has 0 spiro atoms. The Morgan fingerprint density at radius 2 is 2.22 bits per heavy atom. The first-order valence-corrected chi connectivity index (χ1v) is 7.34. The second-order valence-electron chi connectivity index (χ2n) is 4.17. The van der Waals surface area contributed by atoms with E-state index in [9.17, 15) is 14.7 Å². The van der Waals surface area contributed by atoms with E-state index in [0.717, 1.165) is 5.33 Å². The average molecular weight is 377 g/mol. The fraction of sp³-hybridized carbons (Fsp3) is 0.333. The van der Waals surface area contributed by atoms with E-state index in [1.54, 1.807) is 23.1 Å². The number of nitrogens with zero attached hydrogens (tertiary/aromatic N) is 1. The maximum Gasteiger partial charge on any atom is 0.338 e. The Balaban J connectivity index is 2.43. The Hall–Kier alpha value is -0.880. The molecule has 1 fully saturated rings. The third-order valence-corrected chi connectivity index (χ3v) is 4.50. The number of hydrogen-bond acceptors (Lipinski definition) is 2. The molecule has 1 amide bonds. The van der Waals surface area contributed by atoms with Crippen molar-refractivity contribution in [1.82, 2.24) is 0 Å². The van der Waals surface area contributed by atoms with Crippen LogP contribution in [0.25, 0.3) is 0 Å². The fourth-order valence-electron chi connectivity index (χ4n) is 2.07. The van der Waals surface area contributed by atoms with Gasteiger partial charge in [0.1, 0.15) is 0 Å². The van der Waals surface area contributed by atoms with Gasteiger partial charge in [-0.2, -0.15) is 0 Å². The molecule has 4 nitrogen and oxygen atoms in total. The molecule has 1 unspecified atom stereocenters. The number of rotatable bonds is 3. The number of hydrogen-bond donors (Lipinski definition) is 1. The topological polar surface area (TPSA) is 57.6 Å². The van der Waals surface area contributed by atoms with Crippen LogP contribution < -0.4 is 4.90 Å². The van der Waals surface area contributed by atoms with E-state index in [0.29, 0.717) is 23.1 Å². The number of benzene rings is 1. The first-order valence-electron chi connectivity index (χ1n) is 5.42. The van der Waals surface area contributed by atoms with Crippen molar-refractivity contribution in [1.29, 1.82) is 0 Å². The molecule has 0 aromatic heterocycles. The Morgan fingerprint density at radius 3 is 2.78 bits per heavy atom. The predicted octanol–water partition coefficient (Wildman–Crippen LogP) is 2.90. The second-order valence-corrected chi connectivity index (χ2v) is 5.67. The van der Waals surface area contributed by atoms with Crippen molar-refractivity contribution in [2.45, 2.75) is 6.42 Å². The van der Waals surface area contributed by atoms with E-state index in [1.807, 2.05) is 0 Å². The number of aromatic carboxylic acids is 1. The first-order chi connectivity index (χ1) is 8.54. The summed E-state index contributed by atoms with van der Waals surface area (Å²) in [5.74, 6) is -0.828. The fourth-order valence-corrected chi connectivity index (χ4v) is 3.03. The van der Waals surface area contributed by atoms with Gasteiger partial charge in [-0.15, -0.1) is 0 Å². The molecule has 18 heavy (non-hydrogen) atoms. The van der Waals surface area contributed by atoms with Gasteiger partial charge in [0.05, 0.1) is 11.3 Å². The normalized spacial score (nSPS) is 19.3. The molecule has 6 heteroatoms. The molecule has 0 saturated carbocycles. The van der Waals surface area contributed by atoms with Gasteiger partial charge in [-0.3, -0.25) is 4.79 Å². The molecule has 1 atom stereocenters. The molecule has 1 aromatic rings. The zero-order valence-electron chi connectivity index (χ0n) is 9.40. The molecule has 1 aliphatic rings. The van der Waals surface area contributed by atoms with E-state index < -0.39 is 5.97 Å². The van der Waals surface area contributed by atoms with Crippen LogP contribution in [0.15, 0.2) is 22.7 Å². The molecule has 96 valence electrons. The molecule has 2 rings (SSSR count). The number of halogens is 2. The molecule has 0 bridgehead atoms. The quantitative estimate of drug-likeness (QED) is 0.825. The maximum atomic E-state index is 11.9. The van der Waals surface area contributed by atoms with Gasteiger partial charge in [-0.05, 0) is 34.0 Å². The largest absolute Gasteiger partial charge is 0.478 e. The summed E-state index contributed by atoms with van der Waals surface area (Å²) in [6, 6.07) is 5.07. The summed E-state index contributed by atoms with van der Waals surface area (Å²) in [7, 11) is 0. The first kappa shape index (κ1) is 13.5. The van der Waals surface area contributed by atoms with Gasteiger partial charge < -0.3 is 10.0 Å². The van der Waals surface area contributed by atoms with Crippen molar-refractivity contribution >= 4 is 49.4 Å². The van der Waals surface area contributed by atoms with Crippen molar-refractivity contribution in [3.63, 3.8) is 0 Å². The molecular weight excluding hydrogens is 366 g/mol. The summed E-state index contributed by atoms with van der Waals surface area (Å²) in [6.07, 6.45) is 0.455. The highest BCUT2D eigenvalue weighted by Gasteiger charge is 2.32. The summed E-state index contributed by atoms with van der Waals surface area (Å²) in [4.78, 5) is 24.8. The Bertz CT molecular complexity index is 504. The molecule has 1 aliphatic heterocycles. The lowest BCUT2D eigenvalue weighted by molar-refractivity contribution is -0.117. The summed E-state index contributed by atoms with van der Waals surface area (Å²) in [5, 5.41) is 9.98. The molecule has 1 heterocycles. The van der Waals surface area contributed by atoms with Gasteiger partial charge in [0.15, 0.2) is 0 Å². The predicted molar refractivity (Wildman–Crippen MR) is 75.4 cm³/mol. The number of anilines is 1. The zero-order chi connectivity index (χ0) is 13.3. The van der Waals surface area contributed by atoms with Crippen LogP contribution in [0.1, 0.15) is 16.8 Å². The van der Waals surface area contributed by atoms with Crippen LogP contribution in [0.5, 0.6) is 0 Å². The van der Waals surface area contributed by atoms with E-state index in [2.05, 4.69) is 31.9 Å². The van der Waals surface area contributed by atoms with Crippen LogP contribution in [-0.4, -0.2) is 28.9 Å². The van der Waals surface area contributed by atoms with E-state index in [1.165, 1.54) is 0 Å². The number of carbonyl (C=O) groups is 2. The lowest BCUT2D eigenvalue weighted by atomic mass is 10.1. The Labute approximate surface area is 121 Å². The monoisotopic (exact) mass is 375 g/mol. The minimum atomic E-state index is -1.03. The summed E-state index contributed by atoms with van der Waals surface area (Å²) >= 11 is 6.58. The van der Waals surface area contributed by atoms with Gasteiger partial charge in [0.2, 0.25) is 5.91 Å². The number of carboxylic acid groups (broad SMARTS) is 1. The van der Waals surface area contributed by atoms with Crippen molar-refractivity contribution < 1.29 is 14.7 Å². The zero-order valence-corrected chi connectivity index (χ0v) is 12.6. The van der Waals surface area contributed by atoms with Gasteiger partial charge in [-0.25, -0.2) is 4.79 Å².